The molecular weight excluding hydrogens is 238 g/mol. The maximum atomic E-state index is 10.9. The van der Waals surface area contributed by atoms with Crippen LogP contribution in [0.3, 0.4) is 0 Å². The van der Waals surface area contributed by atoms with Crippen molar-refractivity contribution in [1.29, 1.82) is 0 Å². The Hall–Kier alpha value is -1.95. The van der Waals surface area contributed by atoms with Crippen LogP contribution >= 0.6 is 11.6 Å². The summed E-state index contributed by atoms with van der Waals surface area (Å²) in [6.07, 6.45) is -0.549. The number of Topliss-reactive ketones (excluding diaryl/α,β-unsaturated/α-hetero) is 1. The summed E-state index contributed by atoms with van der Waals surface area (Å²) in [7, 11) is 0. The number of carboxylic acid groups (broad SMARTS) is 1. The van der Waals surface area contributed by atoms with Crippen molar-refractivity contribution in [2.75, 3.05) is 0 Å². The van der Waals surface area contributed by atoms with Gasteiger partial charge in [0, 0.05) is 23.1 Å². The second kappa shape index (κ2) is 4.71. The topological polar surface area (TPSA) is 97.5 Å². The van der Waals surface area contributed by atoms with Gasteiger partial charge in [0.05, 0.1) is 4.92 Å². The fourth-order valence-corrected chi connectivity index (χ4v) is 1.32. The first-order valence-electron chi connectivity index (χ1n) is 4.10. The molecule has 0 bridgehead atoms. The smallest absolute Gasteiger partial charge is 0.372 e. The standard InChI is InChI=1S/C9H6ClNO5/c10-6-1-2-7(11(15)16)5(3-6)4-8(12)9(13)14/h1-3H,4H2,(H,13,14). The molecule has 0 amide bonds. The molecule has 0 unspecified atom stereocenters. The molecule has 0 atom stereocenters. The molecule has 84 valence electrons. The van der Waals surface area contributed by atoms with Crippen molar-refractivity contribution in [2.24, 2.45) is 0 Å². The van der Waals surface area contributed by atoms with Crippen molar-refractivity contribution >= 4 is 29.0 Å². The molecule has 0 heterocycles. The second-order valence-electron chi connectivity index (χ2n) is 2.94. The number of rotatable bonds is 4. The van der Waals surface area contributed by atoms with Gasteiger partial charge in [-0.15, -0.1) is 0 Å². The SMILES string of the molecule is O=C(O)C(=O)Cc1cc(Cl)ccc1[N+](=O)[O-]. The highest BCUT2D eigenvalue weighted by atomic mass is 35.5. The van der Waals surface area contributed by atoms with E-state index in [1.165, 1.54) is 12.1 Å². The van der Waals surface area contributed by atoms with Crippen LogP contribution in [0, 0.1) is 10.1 Å². The number of benzene rings is 1. The van der Waals surface area contributed by atoms with Gasteiger partial charge in [-0.1, -0.05) is 11.6 Å². The van der Waals surface area contributed by atoms with Gasteiger partial charge >= 0.3 is 5.97 Å². The second-order valence-corrected chi connectivity index (χ2v) is 3.37. The van der Waals surface area contributed by atoms with Crippen LogP contribution in [0.25, 0.3) is 0 Å². The minimum atomic E-state index is -1.63. The number of carbonyl (C=O) groups is 2. The highest BCUT2D eigenvalue weighted by molar-refractivity contribution is 6.33. The number of nitrogens with zero attached hydrogens (tertiary/aromatic N) is 1. The molecule has 0 aliphatic rings. The lowest BCUT2D eigenvalue weighted by Gasteiger charge is -2.00. The Bertz CT molecular complexity index is 471. The minimum absolute atomic E-state index is 0.00935. The van der Waals surface area contributed by atoms with Gasteiger partial charge in [-0.2, -0.15) is 0 Å². The van der Waals surface area contributed by atoms with Crippen LogP contribution in [0.2, 0.25) is 5.02 Å². The van der Waals surface area contributed by atoms with Crippen LogP contribution in [0.15, 0.2) is 18.2 Å². The van der Waals surface area contributed by atoms with Gasteiger partial charge < -0.3 is 5.11 Å². The number of halogens is 1. The summed E-state index contributed by atoms with van der Waals surface area (Å²) in [6, 6.07) is 3.64. The molecule has 0 saturated carbocycles. The Kier molecular flexibility index (Phi) is 3.57. The number of nitro benzene ring substituents is 1. The van der Waals surface area contributed by atoms with Crippen LogP contribution in [0.1, 0.15) is 5.56 Å². The van der Waals surface area contributed by atoms with E-state index in [4.69, 9.17) is 16.7 Å². The highest BCUT2D eigenvalue weighted by Crippen LogP contribution is 2.23. The molecule has 0 aliphatic heterocycles. The summed E-state index contributed by atoms with van der Waals surface area (Å²) >= 11 is 5.60. The van der Waals surface area contributed by atoms with E-state index in [9.17, 15) is 19.7 Å². The number of carbonyl (C=O) groups excluding carboxylic acids is 1. The predicted molar refractivity (Wildman–Crippen MR) is 54.5 cm³/mol. The number of hydrogen-bond acceptors (Lipinski definition) is 4. The molecule has 1 N–H and O–H groups in total. The van der Waals surface area contributed by atoms with Crippen molar-refractivity contribution in [3.63, 3.8) is 0 Å². The van der Waals surface area contributed by atoms with E-state index in [1.807, 2.05) is 0 Å². The number of carboxylic acids is 1. The Morgan fingerprint density at radius 3 is 2.56 bits per heavy atom. The van der Waals surface area contributed by atoms with E-state index in [2.05, 4.69) is 0 Å². The normalized spacial score (nSPS) is 9.81. The highest BCUT2D eigenvalue weighted by Gasteiger charge is 2.20. The average molecular weight is 244 g/mol. The van der Waals surface area contributed by atoms with E-state index in [0.717, 1.165) is 6.07 Å². The lowest BCUT2D eigenvalue weighted by molar-refractivity contribution is -0.385. The molecule has 1 aromatic carbocycles. The molecule has 0 aliphatic carbocycles. The molecule has 7 heteroatoms. The predicted octanol–water partition coefficient (Wildman–Crippen LogP) is 1.44. The van der Waals surface area contributed by atoms with Gasteiger partial charge in [0.2, 0.25) is 5.78 Å². The van der Waals surface area contributed by atoms with E-state index >= 15 is 0 Å². The Balaban J connectivity index is 3.10. The quantitative estimate of drug-likeness (QED) is 0.490. The Morgan fingerprint density at radius 1 is 1.44 bits per heavy atom. The molecule has 6 nitrogen and oxygen atoms in total. The van der Waals surface area contributed by atoms with Crippen LogP contribution in [0.5, 0.6) is 0 Å². The van der Waals surface area contributed by atoms with Gasteiger partial charge in [-0.05, 0) is 12.1 Å². The third-order valence-electron chi connectivity index (χ3n) is 1.83. The molecule has 1 rings (SSSR count). The summed E-state index contributed by atoms with van der Waals surface area (Å²) in [5, 5.41) is 19.2. The molecule has 0 saturated heterocycles. The van der Waals surface area contributed by atoms with Crippen LogP contribution < -0.4 is 0 Å². The van der Waals surface area contributed by atoms with Crippen molar-refractivity contribution in [3.05, 3.63) is 38.9 Å². The molecule has 0 fully saturated rings. The van der Waals surface area contributed by atoms with E-state index in [1.54, 1.807) is 0 Å². The van der Waals surface area contributed by atoms with Gasteiger partial charge in [-0.25, -0.2) is 4.79 Å². The molecule has 0 spiro atoms. The van der Waals surface area contributed by atoms with Gasteiger partial charge in [0.25, 0.3) is 5.69 Å². The van der Waals surface area contributed by atoms with E-state index in [-0.39, 0.29) is 16.3 Å². The number of nitro groups is 1. The monoisotopic (exact) mass is 243 g/mol. The third-order valence-corrected chi connectivity index (χ3v) is 2.06. The fraction of sp³-hybridized carbons (Fsp3) is 0.111. The third kappa shape index (κ3) is 2.77. The maximum Gasteiger partial charge on any atom is 0.372 e. The lowest BCUT2D eigenvalue weighted by Crippen LogP contribution is -2.15. The molecule has 0 aromatic heterocycles. The summed E-state index contributed by atoms with van der Waals surface area (Å²) in [4.78, 5) is 31.1. The maximum absolute atomic E-state index is 10.9. The number of aliphatic carboxylic acids is 1. The fourth-order valence-electron chi connectivity index (χ4n) is 1.12. The van der Waals surface area contributed by atoms with Crippen molar-refractivity contribution in [1.82, 2.24) is 0 Å². The first kappa shape index (κ1) is 12.1. The summed E-state index contributed by atoms with van der Waals surface area (Å²) < 4.78 is 0. The number of ketones is 1. The van der Waals surface area contributed by atoms with Crippen LogP contribution in [-0.2, 0) is 16.0 Å². The van der Waals surface area contributed by atoms with Gasteiger partial charge in [-0.3, -0.25) is 14.9 Å². The largest absolute Gasteiger partial charge is 0.475 e. The van der Waals surface area contributed by atoms with Crippen molar-refractivity contribution in [2.45, 2.75) is 6.42 Å². The van der Waals surface area contributed by atoms with Crippen molar-refractivity contribution in [3.8, 4) is 0 Å². The van der Waals surface area contributed by atoms with Crippen LogP contribution in [0.4, 0.5) is 5.69 Å². The van der Waals surface area contributed by atoms with Gasteiger partial charge in [0.1, 0.15) is 0 Å². The Morgan fingerprint density at radius 2 is 2.06 bits per heavy atom. The zero-order valence-electron chi connectivity index (χ0n) is 7.84. The molecule has 1 aromatic rings. The van der Waals surface area contributed by atoms with Crippen LogP contribution in [-0.4, -0.2) is 21.8 Å². The number of hydrogen-bond donors (Lipinski definition) is 1. The lowest BCUT2D eigenvalue weighted by atomic mass is 10.1. The van der Waals surface area contributed by atoms with E-state index in [0.29, 0.717) is 0 Å². The molecule has 16 heavy (non-hydrogen) atoms. The molecule has 0 radical (unpaired) electrons. The zero-order chi connectivity index (χ0) is 12.3. The van der Waals surface area contributed by atoms with E-state index < -0.39 is 23.1 Å². The minimum Gasteiger partial charge on any atom is -0.475 e. The zero-order valence-corrected chi connectivity index (χ0v) is 8.60. The Labute approximate surface area is 94.6 Å². The summed E-state index contributed by atoms with van der Waals surface area (Å²) in [6.45, 7) is 0. The average Bonchev–Trinajstić information content (AvgIpc) is 2.16. The first-order valence-corrected chi connectivity index (χ1v) is 4.48. The van der Waals surface area contributed by atoms with Gasteiger partial charge in [0.15, 0.2) is 0 Å². The first-order chi connectivity index (χ1) is 7.41. The summed E-state index contributed by atoms with van der Waals surface area (Å²) in [5.74, 6) is -2.75. The molecular formula is C9H6ClNO5. The summed E-state index contributed by atoms with van der Waals surface area (Å²) in [5.41, 5.74) is -0.330. The van der Waals surface area contributed by atoms with Crippen molar-refractivity contribution < 1.29 is 19.6 Å².